The minimum atomic E-state index is -3.85. The zero-order valence-electron chi connectivity index (χ0n) is 10.3. The SMILES string of the molecule is Cc1ccc(S(=O)(=O)NNC(=O)C(C)C)c(Cl)c1. The molecule has 0 aliphatic rings. The summed E-state index contributed by atoms with van der Waals surface area (Å²) in [6, 6.07) is 4.56. The maximum Gasteiger partial charge on any atom is 0.258 e. The van der Waals surface area contributed by atoms with Crippen LogP contribution in [0.2, 0.25) is 5.02 Å². The molecule has 5 nitrogen and oxygen atoms in total. The lowest BCUT2D eigenvalue weighted by Crippen LogP contribution is -2.43. The lowest BCUT2D eigenvalue weighted by atomic mass is 10.2. The molecule has 0 saturated carbocycles. The molecule has 0 radical (unpaired) electrons. The second-order valence-corrected chi connectivity index (χ2v) is 6.24. The summed E-state index contributed by atoms with van der Waals surface area (Å²) in [7, 11) is -3.85. The third kappa shape index (κ3) is 3.69. The molecule has 0 saturated heterocycles. The van der Waals surface area contributed by atoms with Crippen molar-refractivity contribution in [2.24, 2.45) is 5.92 Å². The largest absolute Gasteiger partial charge is 0.277 e. The predicted octanol–water partition coefficient (Wildman–Crippen LogP) is 1.61. The van der Waals surface area contributed by atoms with Crippen molar-refractivity contribution in [3.8, 4) is 0 Å². The maximum absolute atomic E-state index is 11.9. The lowest BCUT2D eigenvalue weighted by molar-refractivity contribution is -0.124. The fourth-order valence-corrected chi connectivity index (χ4v) is 2.59. The van der Waals surface area contributed by atoms with E-state index in [-0.39, 0.29) is 15.8 Å². The van der Waals surface area contributed by atoms with E-state index in [2.05, 4.69) is 5.43 Å². The predicted molar refractivity (Wildman–Crippen MR) is 69.5 cm³/mol. The Morgan fingerprint density at radius 1 is 1.33 bits per heavy atom. The first-order chi connectivity index (χ1) is 8.24. The monoisotopic (exact) mass is 290 g/mol. The molecule has 0 atom stereocenters. The van der Waals surface area contributed by atoms with Gasteiger partial charge < -0.3 is 0 Å². The van der Waals surface area contributed by atoms with Gasteiger partial charge in [-0.05, 0) is 24.6 Å². The van der Waals surface area contributed by atoms with Crippen molar-refractivity contribution in [1.29, 1.82) is 0 Å². The van der Waals surface area contributed by atoms with E-state index in [0.29, 0.717) is 0 Å². The van der Waals surface area contributed by atoms with Crippen LogP contribution in [-0.4, -0.2) is 14.3 Å². The van der Waals surface area contributed by atoms with Gasteiger partial charge in [0.2, 0.25) is 5.91 Å². The number of benzene rings is 1. The lowest BCUT2D eigenvalue weighted by Gasteiger charge is -2.11. The first-order valence-corrected chi connectivity index (χ1v) is 7.18. The Labute approximate surface area is 112 Å². The van der Waals surface area contributed by atoms with Crippen LogP contribution in [0.25, 0.3) is 0 Å². The third-order valence-corrected chi connectivity index (χ3v) is 3.94. The Balaban J connectivity index is 2.90. The Bertz CT molecular complexity index is 555. The van der Waals surface area contributed by atoms with Gasteiger partial charge in [-0.2, -0.15) is 0 Å². The van der Waals surface area contributed by atoms with Crippen molar-refractivity contribution in [1.82, 2.24) is 10.3 Å². The number of nitrogens with one attached hydrogen (secondary N) is 2. The highest BCUT2D eigenvalue weighted by molar-refractivity contribution is 7.89. The molecule has 2 N–H and O–H groups in total. The molecule has 1 aromatic rings. The van der Waals surface area contributed by atoms with E-state index in [4.69, 9.17) is 11.6 Å². The number of aryl methyl sites for hydroxylation is 1. The summed E-state index contributed by atoms with van der Waals surface area (Å²) in [6.45, 7) is 5.11. The van der Waals surface area contributed by atoms with E-state index in [1.54, 1.807) is 32.9 Å². The highest BCUT2D eigenvalue weighted by atomic mass is 35.5. The maximum atomic E-state index is 11.9. The number of carbonyl (C=O) groups excluding carboxylic acids is 1. The number of hydrogen-bond donors (Lipinski definition) is 2. The molecule has 7 heteroatoms. The minimum Gasteiger partial charge on any atom is -0.277 e. The zero-order chi connectivity index (χ0) is 13.9. The average Bonchev–Trinajstić information content (AvgIpc) is 2.25. The van der Waals surface area contributed by atoms with Gasteiger partial charge in [-0.25, -0.2) is 8.42 Å². The summed E-state index contributed by atoms with van der Waals surface area (Å²) in [5.74, 6) is -0.733. The fourth-order valence-electron chi connectivity index (χ4n) is 1.14. The van der Waals surface area contributed by atoms with Crippen molar-refractivity contribution in [3.63, 3.8) is 0 Å². The second kappa shape index (κ2) is 5.69. The van der Waals surface area contributed by atoms with Crippen LogP contribution < -0.4 is 10.3 Å². The Morgan fingerprint density at radius 2 is 1.94 bits per heavy atom. The van der Waals surface area contributed by atoms with Crippen molar-refractivity contribution in [3.05, 3.63) is 28.8 Å². The fraction of sp³-hybridized carbons (Fsp3) is 0.364. The van der Waals surface area contributed by atoms with E-state index >= 15 is 0 Å². The van der Waals surface area contributed by atoms with Crippen LogP contribution in [0.3, 0.4) is 0 Å². The number of amides is 1. The average molecular weight is 291 g/mol. The number of hydrogen-bond acceptors (Lipinski definition) is 3. The standard InChI is InChI=1S/C11H15ClN2O3S/c1-7(2)11(15)13-14-18(16,17)10-5-4-8(3)6-9(10)12/h4-7,14H,1-3H3,(H,13,15). The summed E-state index contributed by atoms with van der Waals surface area (Å²) >= 11 is 5.86. The van der Waals surface area contributed by atoms with Crippen LogP contribution in [0.5, 0.6) is 0 Å². The molecule has 0 bridgehead atoms. The molecule has 0 spiro atoms. The van der Waals surface area contributed by atoms with Crippen LogP contribution in [0, 0.1) is 12.8 Å². The second-order valence-electron chi connectivity index (χ2n) is 4.18. The van der Waals surface area contributed by atoms with Crippen LogP contribution >= 0.6 is 11.6 Å². The van der Waals surface area contributed by atoms with Gasteiger partial charge >= 0.3 is 0 Å². The Kier molecular flexibility index (Phi) is 4.72. The van der Waals surface area contributed by atoms with Crippen LogP contribution in [0.15, 0.2) is 23.1 Å². The Hall–Kier alpha value is -1.11. The first kappa shape index (κ1) is 14.9. The van der Waals surface area contributed by atoms with Crippen molar-refractivity contribution >= 4 is 27.5 Å². The topological polar surface area (TPSA) is 75.3 Å². The molecule has 0 aliphatic carbocycles. The van der Waals surface area contributed by atoms with Gasteiger partial charge in [-0.3, -0.25) is 10.2 Å². The summed E-state index contributed by atoms with van der Waals surface area (Å²) in [4.78, 5) is 13.2. The molecule has 0 unspecified atom stereocenters. The number of sulfonamides is 1. The van der Waals surface area contributed by atoms with Crippen molar-refractivity contribution in [2.75, 3.05) is 0 Å². The highest BCUT2D eigenvalue weighted by Gasteiger charge is 2.19. The number of rotatable bonds is 4. The van der Waals surface area contributed by atoms with Gasteiger partial charge in [0.15, 0.2) is 0 Å². The molecular weight excluding hydrogens is 276 g/mol. The molecule has 0 aromatic heterocycles. The Morgan fingerprint density at radius 3 is 2.44 bits per heavy atom. The van der Waals surface area contributed by atoms with E-state index in [0.717, 1.165) is 5.56 Å². The van der Waals surface area contributed by atoms with Gasteiger partial charge in [0, 0.05) is 5.92 Å². The molecular formula is C11H15ClN2O3S. The molecule has 1 amide bonds. The molecule has 1 aromatic carbocycles. The van der Waals surface area contributed by atoms with Crippen LogP contribution in [-0.2, 0) is 14.8 Å². The van der Waals surface area contributed by atoms with E-state index < -0.39 is 15.9 Å². The van der Waals surface area contributed by atoms with Gasteiger partial charge in [0.1, 0.15) is 4.90 Å². The molecule has 18 heavy (non-hydrogen) atoms. The first-order valence-electron chi connectivity index (χ1n) is 5.32. The smallest absolute Gasteiger partial charge is 0.258 e. The third-order valence-electron chi connectivity index (χ3n) is 2.21. The minimum absolute atomic E-state index is 0.0705. The van der Waals surface area contributed by atoms with Gasteiger partial charge in [0.05, 0.1) is 5.02 Å². The molecule has 1 rings (SSSR count). The molecule has 100 valence electrons. The molecule has 0 heterocycles. The summed E-state index contributed by atoms with van der Waals surface area (Å²) in [6.07, 6.45) is 0. The normalized spacial score (nSPS) is 11.6. The van der Waals surface area contributed by atoms with E-state index in [1.165, 1.54) is 6.07 Å². The van der Waals surface area contributed by atoms with Gasteiger partial charge in [-0.15, -0.1) is 4.83 Å². The summed E-state index contributed by atoms with van der Waals surface area (Å²) in [5.41, 5.74) is 2.98. The molecule has 0 fully saturated rings. The van der Waals surface area contributed by atoms with E-state index in [1.807, 2.05) is 4.83 Å². The van der Waals surface area contributed by atoms with Crippen molar-refractivity contribution < 1.29 is 13.2 Å². The van der Waals surface area contributed by atoms with Crippen LogP contribution in [0.4, 0.5) is 0 Å². The number of halogens is 1. The van der Waals surface area contributed by atoms with Gasteiger partial charge in [-0.1, -0.05) is 31.5 Å². The van der Waals surface area contributed by atoms with Crippen LogP contribution in [0.1, 0.15) is 19.4 Å². The summed E-state index contributed by atoms with van der Waals surface area (Å²) in [5, 5.41) is 0.112. The highest BCUT2D eigenvalue weighted by Crippen LogP contribution is 2.21. The van der Waals surface area contributed by atoms with Gasteiger partial charge in [0.25, 0.3) is 10.0 Å². The van der Waals surface area contributed by atoms with E-state index in [9.17, 15) is 13.2 Å². The quantitative estimate of drug-likeness (QED) is 0.827. The zero-order valence-corrected chi connectivity index (χ0v) is 11.9. The molecule has 0 aliphatic heterocycles. The number of hydrazine groups is 1. The number of carbonyl (C=O) groups is 1. The van der Waals surface area contributed by atoms with Crippen molar-refractivity contribution in [2.45, 2.75) is 25.7 Å². The summed E-state index contributed by atoms with van der Waals surface area (Å²) < 4.78 is 23.8.